The summed E-state index contributed by atoms with van der Waals surface area (Å²) in [6.45, 7) is 0.193. The van der Waals surface area contributed by atoms with Gasteiger partial charge in [-0.2, -0.15) is 0 Å². The third-order valence-electron chi connectivity index (χ3n) is 2.78. The minimum atomic E-state index is -0.359. The van der Waals surface area contributed by atoms with E-state index in [1.807, 2.05) is 12.1 Å². The zero-order valence-electron chi connectivity index (χ0n) is 11.6. The Morgan fingerprint density at radius 1 is 1.10 bits per heavy atom. The molecule has 0 saturated heterocycles. The molecular formula is C17H15FO3. The van der Waals surface area contributed by atoms with Crippen LogP contribution in [0.4, 0.5) is 4.39 Å². The van der Waals surface area contributed by atoms with Crippen LogP contribution in [0, 0.1) is 5.82 Å². The highest BCUT2D eigenvalue weighted by molar-refractivity contribution is 6.06. The molecule has 21 heavy (non-hydrogen) atoms. The molecule has 0 heterocycles. The second-order valence-corrected chi connectivity index (χ2v) is 4.32. The molecule has 0 aliphatic rings. The quantitative estimate of drug-likeness (QED) is 0.461. The van der Waals surface area contributed by atoms with Crippen LogP contribution >= 0.6 is 0 Å². The van der Waals surface area contributed by atoms with Gasteiger partial charge in [-0.25, -0.2) is 4.39 Å². The van der Waals surface area contributed by atoms with E-state index >= 15 is 0 Å². The zero-order chi connectivity index (χ0) is 15.1. The number of benzene rings is 2. The maximum absolute atomic E-state index is 12.8. The van der Waals surface area contributed by atoms with Crippen molar-refractivity contribution >= 4 is 11.9 Å². The van der Waals surface area contributed by atoms with Crippen molar-refractivity contribution in [2.45, 2.75) is 0 Å². The molecule has 0 bridgehead atoms. The second kappa shape index (κ2) is 7.36. The normalized spacial score (nSPS) is 10.8. The Hall–Kier alpha value is -2.46. The number of hydrogen-bond acceptors (Lipinski definition) is 3. The van der Waals surface area contributed by atoms with Gasteiger partial charge in [-0.05, 0) is 48.0 Å². The predicted molar refractivity (Wildman–Crippen MR) is 78.7 cm³/mol. The number of methoxy groups -OCH3 is 1. The molecule has 3 nitrogen and oxygen atoms in total. The van der Waals surface area contributed by atoms with E-state index in [-0.39, 0.29) is 18.4 Å². The summed E-state index contributed by atoms with van der Waals surface area (Å²) >= 11 is 0. The molecule has 0 radical (unpaired) electrons. The van der Waals surface area contributed by atoms with Gasteiger partial charge >= 0.3 is 0 Å². The van der Waals surface area contributed by atoms with E-state index in [0.717, 1.165) is 5.56 Å². The summed E-state index contributed by atoms with van der Waals surface area (Å²) < 4.78 is 22.8. The average Bonchev–Trinajstić information content (AvgIpc) is 2.52. The Kier molecular flexibility index (Phi) is 5.23. The molecule has 0 aliphatic carbocycles. The van der Waals surface area contributed by atoms with Crippen molar-refractivity contribution in [2.24, 2.45) is 0 Å². The van der Waals surface area contributed by atoms with Gasteiger partial charge in [0.15, 0.2) is 12.6 Å². The summed E-state index contributed by atoms with van der Waals surface area (Å²) in [5.74, 6) is 0.163. The number of rotatable bonds is 6. The fourth-order valence-electron chi connectivity index (χ4n) is 1.68. The van der Waals surface area contributed by atoms with Crippen molar-refractivity contribution in [1.82, 2.24) is 0 Å². The fourth-order valence-corrected chi connectivity index (χ4v) is 1.68. The lowest BCUT2D eigenvalue weighted by atomic mass is 10.1. The summed E-state index contributed by atoms with van der Waals surface area (Å²) in [7, 11) is 1.55. The maximum atomic E-state index is 12.8. The Labute approximate surface area is 122 Å². The number of ether oxygens (including phenoxy) is 2. The van der Waals surface area contributed by atoms with E-state index in [1.54, 1.807) is 25.3 Å². The molecule has 4 heteroatoms. The Bertz CT molecular complexity index is 615. The van der Waals surface area contributed by atoms with E-state index in [9.17, 15) is 9.18 Å². The van der Waals surface area contributed by atoms with E-state index in [0.29, 0.717) is 11.3 Å². The van der Waals surface area contributed by atoms with Gasteiger partial charge in [0.25, 0.3) is 0 Å². The van der Waals surface area contributed by atoms with Crippen LogP contribution in [0.1, 0.15) is 15.9 Å². The molecule has 0 unspecified atom stereocenters. The van der Waals surface area contributed by atoms with Crippen molar-refractivity contribution in [3.63, 3.8) is 0 Å². The number of hydrogen-bond donors (Lipinski definition) is 0. The highest BCUT2D eigenvalue weighted by Crippen LogP contribution is 2.13. The highest BCUT2D eigenvalue weighted by atomic mass is 19.1. The van der Waals surface area contributed by atoms with Crippen LogP contribution in [0.3, 0.4) is 0 Å². The minimum absolute atomic E-state index is 0.172. The van der Waals surface area contributed by atoms with Crippen LogP contribution < -0.4 is 4.74 Å². The summed E-state index contributed by atoms with van der Waals surface area (Å²) in [6, 6.07) is 12.7. The summed E-state index contributed by atoms with van der Waals surface area (Å²) in [6.07, 6.45) is 3.16. The second-order valence-electron chi connectivity index (χ2n) is 4.32. The van der Waals surface area contributed by atoms with Crippen LogP contribution in [0.25, 0.3) is 6.08 Å². The standard InChI is InChI=1S/C17H15FO3/c1-20-12-21-16-9-2-13(3-10-16)4-11-17(19)14-5-7-15(18)8-6-14/h2-11H,12H2,1H3/b11-4+. The number of allylic oxidation sites excluding steroid dienone is 1. The van der Waals surface area contributed by atoms with Gasteiger partial charge in [-0.3, -0.25) is 4.79 Å². The average molecular weight is 286 g/mol. The molecular weight excluding hydrogens is 271 g/mol. The molecule has 0 amide bonds. The maximum Gasteiger partial charge on any atom is 0.188 e. The van der Waals surface area contributed by atoms with Gasteiger partial charge in [0, 0.05) is 12.7 Å². The highest BCUT2D eigenvalue weighted by Gasteiger charge is 2.01. The SMILES string of the molecule is COCOc1ccc(/C=C/C(=O)c2ccc(F)cc2)cc1. The lowest BCUT2D eigenvalue weighted by Crippen LogP contribution is -1.98. The minimum Gasteiger partial charge on any atom is -0.468 e. The van der Waals surface area contributed by atoms with Gasteiger partial charge in [0.1, 0.15) is 11.6 Å². The largest absolute Gasteiger partial charge is 0.468 e. The smallest absolute Gasteiger partial charge is 0.188 e. The van der Waals surface area contributed by atoms with Crippen molar-refractivity contribution in [3.8, 4) is 5.75 Å². The van der Waals surface area contributed by atoms with Gasteiger partial charge < -0.3 is 9.47 Å². The third-order valence-corrected chi connectivity index (χ3v) is 2.78. The molecule has 0 atom stereocenters. The Balaban J connectivity index is 2.00. The Morgan fingerprint density at radius 3 is 2.38 bits per heavy atom. The molecule has 0 N–H and O–H groups in total. The van der Waals surface area contributed by atoms with Crippen molar-refractivity contribution in [3.05, 3.63) is 71.6 Å². The molecule has 0 fully saturated rings. The van der Waals surface area contributed by atoms with E-state index < -0.39 is 0 Å². The molecule has 2 aromatic rings. The summed E-state index contributed by atoms with van der Waals surface area (Å²) in [4.78, 5) is 11.9. The van der Waals surface area contributed by atoms with Crippen molar-refractivity contribution in [1.29, 1.82) is 0 Å². The molecule has 0 spiro atoms. The van der Waals surface area contributed by atoms with Gasteiger partial charge in [-0.15, -0.1) is 0 Å². The van der Waals surface area contributed by atoms with E-state index in [1.165, 1.54) is 30.3 Å². The molecule has 0 aliphatic heterocycles. The van der Waals surface area contributed by atoms with Crippen molar-refractivity contribution < 1.29 is 18.7 Å². The first-order chi connectivity index (χ1) is 10.2. The third kappa shape index (κ3) is 4.54. The fraction of sp³-hybridized carbons (Fsp3) is 0.118. The van der Waals surface area contributed by atoms with Gasteiger partial charge in [0.2, 0.25) is 0 Å². The lowest BCUT2D eigenvalue weighted by molar-refractivity contribution is 0.0511. The number of carbonyl (C=O) groups excluding carboxylic acids is 1. The molecule has 2 rings (SSSR count). The first-order valence-corrected chi connectivity index (χ1v) is 6.39. The predicted octanol–water partition coefficient (Wildman–Crippen LogP) is 3.70. The molecule has 0 aromatic heterocycles. The number of carbonyl (C=O) groups is 1. The Morgan fingerprint density at radius 2 is 1.76 bits per heavy atom. The zero-order valence-corrected chi connectivity index (χ0v) is 11.6. The lowest BCUT2D eigenvalue weighted by Gasteiger charge is -2.04. The molecule has 108 valence electrons. The van der Waals surface area contributed by atoms with Crippen LogP contribution in [0.15, 0.2) is 54.6 Å². The van der Waals surface area contributed by atoms with Crippen LogP contribution in [-0.2, 0) is 4.74 Å². The first kappa shape index (κ1) is 14.9. The van der Waals surface area contributed by atoms with Crippen molar-refractivity contribution in [2.75, 3.05) is 13.9 Å². The van der Waals surface area contributed by atoms with E-state index in [2.05, 4.69) is 0 Å². The summed E-state index contributed by atoms with van der Waals surface area (Å²) in [5.41, 5.74) is 1.32. The first-order valence-electron chi connectivity index (χ1n) is 6.39. The van der Waals surface area contributed by atoms with Gasteiger partial charge in [-0.1, -0.05) is 18.2 Å². The van der Waals surface area contributed by atoms with Crippen LogP contribution in [0.5, 0.6) is 5.75 Å². The molecule has 2 aromatic carbocycles. The van der Waals surface area contributed by atoms with E-state index in [4.69, 9.17) is 9.47 Å². The number of ketones is 1. The molecule has 0 saturated carbocycles. The van der Waals surface area contributed by atoms with Gasteiger partial charge in [0.05, 0.1) is 0 Å². The monoisotopic (exact) mass is 286 g/mol. The van der Waals surface area contributed by atoms with Crippen LogP contribution in [0.2, 0.25) is 0 Å². The topological polar surface area (TPSA) is 35.5 Å². The number of halogens is 1. The summed E-state index contributed by atoms with van der Waals surface area (Å²) in [5, 5.41) is 0. The van der Waals surface area contributed by atoms with Crippen LogP contribution in [-0.4, -0.2) is 19.7 Å².